The van der Waals surface area contributed by atoms with Crippen molar-refractivity contribution in [2.45, 2.75) is 127 Å². The first kappa shape index (κ1) is 37.6. The van der Waals surface area contributed by atoms with Gasteiger partial charge >= 0.3 is 11.9 Å². The number of phenolic OH excluding ortho intramolecular Hbond substituents is 1. The Bertz CT molecular complexity index is 1750. The third-order valence-corrected chi connectivity index (χ3v) is 11.6. The molecule has 2 aromatic rings. The lowest BCUT2D eigenvalue weighted by atomic mass is 9.73. The van der Waals surface area contributed by atoms with Gasteiger partial charge in [0.05, 0.1) is 25.0 Å². The molecule has 5 atom stereocenters. The summed E-state index contributed by atoms with van der Waals surface area (Å²) in [5.74, 6) is 4.49. The predicted octanol–water partition coefficient (Wildman–Crippen LogP) is 5.73. The molecule has 2 aliphatic heterocycles. The monoisotopic (exact) mass is 713 g/mol. The highest BCUT2D eigenvalue weighted by Crippen LogP contribution is 2.42. The molecule has 0 radical (unpaired) electrons. The van der Waals surface area contributed by atoms with E-state index < -0.39 is 41.6 Å². The quantitative estimate of drug-likeness (QED) is 0.0989. The van der Waals surface area contributed by atoms with Crippen LogP contribution in [0, 0.1) is 23.7 Å². The number of anilines is 1. The van der Waals surface area contributed by atoms with Crippen molar-refractivity contribution < 1.29 is 44.3 Å². The normalized spacial score (nSPS) is 25.7. The van der Waals surface area contributed by atoms with Gasteiger partial charge in [-0.3, -0.25) is 9.59 Å². The van der Waals surface area contributed by atoms with Crippen molar-refractivity contribution in [1.82, 2.24) is 0 Å². The molecule has 10 nitrogen and oxygen atoms in total. The summed E-state index contributed by atoms with van der Waals surface area (Å²) in [6.07, 6.45) is 7.21. The van der Waals surface area contributed by atoms with E-state index >= 15 is 0 Å². The number of fused-ring (bicyclic) bond motifs is 1. The Morgan fingerprint density at radius 1 is 0.962 bits per heavy atom. The van der Waals surface area contributed by atoms with Gasteiger partial charge in [0.2, 0.25) is 0 Å². The number of hydrogen-bond donors (Lipinski definition) is 5. The Labute approximate surface area is 305 Å². The average molecular weight is 714 g/mol. The van der Waals surface area contributed by atoms with E-state index in [0.29, 0.717) is 60.2 Å². The fourth-order valence-electron chi connectivity index (χ4n) is 8.30. The summed E-state index contributed by atoms with van der Waals surface area (Å²) >= 11 is 0. The van der Waals surface area contributed by atoms with Crippen LogP contribution in [0.25, 0.3) is 0 Å². The van der Waals surface area contributed by atoms with Crippen LogP contribution in [0.1, 0.15) is 119 Å². The molecule has 2 fully saturated rings. The summed E-state index contributed by atoms with van der Waals surface area (Å²) in [4.78, 5) is 38.9. The first-order valence-electron chi connectivity index (χ1n) is 18.8. The van der Waals surface area contributed by atoms with Crippen LogP contribution in [0.5, 0.6) is 11.5 Å². The van der Waals surface area contributed by atoms with Gasteiger partial charge in [-0.15, -0.1) is 0 Å². The highest BCUT2D eigenvalue weighted by molar-refractivity contribution is 5.89. The number of cyclic esters (lactones) is 1. The van der Waals surface area contributed by atoms with Crippen LogP contribution < -0.4 is 10.1 Å². The Morgan fingerprint density at radius 3 is 2.40 bits per heavy atom. The van der Waals surface area contributed by atoms with Gasteiger partial charge < -0.3 is 35.2 Å². The molecule has 2 saturated carbocycles. The van der Waals surface area contributed by atoms with Gasteiger partial charge in [-0.1, -0.05) is 43.2 Å². The van der Waals surface area contributed by atoms with Crippen molar-refractivity contribution in [3.05, 3.63) is 64.2 Å². The Balaban J connectivity index is 1.38. The van der Waals surface area contributed by atoms with Crippen molar-refractivity contribution in [2.24, 2.45) is 11.8 Å². The van der Waals surface area contributed by atoms with Crippen molar-refractivity contribution in [3.63, 3.8) is 0 Å². The van der Waals surface area contributed by atoms with Crippen LogP contribution in [0.2, 0.25) is 0 Å². The number of ketones is 1. The van der Waals surface area contributed by atoms with Crippen LogP contribution in [0.4, 0.5) is 5.69 Å². The smallest absolute Gasteiger partial charge is 0.334 e. The van der Waals surface area contributed by atoms with Crippen molar-refractivity contribution in [1.29, 1.82) is 0 Å². The lowest BCUT2D eigenvalue weighted by Crippen LogP contribution is -2.50. The van der Waals surface area contributed by atoms with Gasteiger partial charge in [0.1, 0.15) is 29.0 Å². The molecule has 2 aromatic carbocycles. The van der Waals surface area contributed by atoms with Crippen LogP contribution in [-0.2, 0) is 32.1 Å². The third kappa shape index (κ3) is 8.54. The van der Waals surface area contributed by atoms with Crippen LogP contribution in [0.3, 0.4) is 0 Å². The second kappa shape index (κ2) is 16.2. The molecule has 0 saturated heterocycles. The first-order chi connectivity index (χ1) is 24.9. The Kier molecular flexibility index (Phi) is 11.7. The molecule has 0 unspecified atom stereocenters. The lowest BCUT2D eigenvalue weighted by molar-refractivity contribution is -0.169. The van der Waals surface area contributed by atoms with E-state index in [1.807, 2.05) is 18.2 Å². The maximum absolute atomic E-state index is 14.1. The number of esters is 2. The van der Waals surface area contributed by atoms with E-state index in [4.69, 9.17) is 9.47 Å². The first-order valence-corrected chi connectivity index (χ1v) is 18.8. The number of hydrogen-bond acceptors (Lipinski definition) is 10. The van der Waals surface area contributed by atoms with E-state index in [1.54, 1.807) is 26.0 Å². The SMILES string of the molecule is C/C=C1/C[C@@H](c2cc(CO)cc(NC[C@H](O)C3CCCCC3)c2)C#C[C@H]2CC(=O)Oc3cc(O)c(cc32)C[C@H]([C@@](C)(O)C2CCC(=O)CC2)OC1=O. The van der Waals surface area contributed by atoms with E-state index in [2.05, 4.69) is 17.2 Å². The molecule has 0 aromatic heterocycles. The summed E-state index contributed by atoms with van der Waals surface area (Å²) in [6.45, 7) is 3.49. The fourth-order valence-corrected chi connectivity index (χ4v) is 8.30. The van der Waals surface area contributed by atoms with Crippen molar-refractivity contribution in [3.8, 4) is 23.3 Å². The molecule has 10 heteroatoms. The largest absolute Gasteiger partial charge is 0.508 e. The van der Waals surface area contributed by atoms with Crippen LogP contribution in [0.15, 0.2) is 42.0 Å². The van der Waals surface area contributed by atoms with E-state index in [-0.39, 0.29) is 55.0 Å². The topological polar surface area (TPSA) is 163 Å². The number of rotatable bonds is 8. The predicted molar refractivity (Wildman–Crippen MR) is 195 cm³/mol. The van der Waals surface area contributed by atoms with Gasteiger partial charge in [-0.2, -0.15) is 0 Å². The van der Waals surface area contributed by atoms with Gasteiger partial charge in [-0.25, -0.2) is 4.79 Å². The van der Waals surface area contributed by atoms with E-state index in [1.165, 1.54) is 12.5 Å². The molecular formula is C42H51NO9. The van der Waals surface area contributed by atoms with Gasteiger partial charge in [0.25, 0.3) is 0 Å². The number of carbonyl (C=O) groups is 3. The molecule has 278 valence electrons. The molecule has 5 N–H and O–H groups in total. The zero-order valence-electron chi connectivity index (χ0n) is 30.2. The number of allylic oxidation sites excluding steroid dienone is 1. The van der Waals surface area contributed by atoms with E-state index in [9.17, 15) is 34.8 Å². The Morgan fingerprint density at radius 2 is 1.69 bits per heavy atom. The summed E-state index contributed by atoms with van der Waals surface area (Å²) < 4.78 is 11.7. The molecule has 52 heavy (non-hydrogen) atoms. The number of aromatic hydroxyl groups is 1. The van der Waals surface area contributed by atoms with E-state index in [0.717, 1.165) is 31.2 Å². The van der Waals surface area contributed by atoms with Gasteiger partial charge in [0.15, 0.2) is 0 Å². The zero-order chi connectivity index (χ0) is 37.0. The minimum absolute atomic E-state index is 0.0113. The molecule has 6 rings (SSSR count). The molecule has 4 aliphatic rings. The number of ether oxygens (including phenoxy) is 2. The number of aliphatic hydroxyl groups excluding tert-OH is 2. The number of aliphatic hydroxyl groups is 3. The second-order valence-electron chi connectivity index (χ2n) is 15.2. The van der Waals surface area contributed by atoms with Crippen molar-refractivity contribution >= 4 is 23.4 Å². The number of nitrogens with one attached hydrogen (secondary N) is 1. The fraction of sp³-hybridized carbons (Fsp3) is 0.548. The summed E-state index contributed by atoms with van der Waals surface area (Å²) in [6, 6.07) is 8.69. The highest BCUT2D eigenvalue weighted by Gasteiger charge is 2.44. The number of carbonyl (C=O) groups excluding carboxylic acids is 3. The molecule has 2 heterocycles. The lowest BCUT2D eigenvalue weighted by Gasteiger charge is -2.40. The van der Waals surface area contributed by atoms with Crippen LogP contribution in [-0.4, -0.2) is 62.5 Å². The summed E-state index contributed by atoms with van der Waals surface area (Å²) in [5, 5.41) is 47.7. The maximum atomic E-state index is 14.1. The average Bonchev–Trinajstić information content (AvgIpc) is 3.14. The number of Topliss-reactive ketones (excluding diaryl/α,β-unsaturated/α-hetero) is 1. The number of benzene rings is 2. The van der Waals surface area contributed by atoms with Gasteiger partial charge in [0, 0.05) is 54.6 Å². The standard InChI is InChI=1S/C42H51NO9/c1-3-26-17-28(30-15-25(24-44)16-33(18-30)43-23-37(47)27-7-5-4-6-8-27)9-10-29-21-40(48)51-38-22-36(46)31(19-35(29)38)20-39(52-41(26)49)42(2,50)32-11-13-34(45)14-12-32/h3,15-16,18-19,22,27-29,32,37,39,43-44,46-47,50H,4-8,11-14,17,20-21,23-24H2,1-2H3/b26-3-/t28-,29-,37-,39+,42-/m0/s1. The minimum atomic E-state index is -1.53. The molecule has 0 spiro atoms. The second-order valence-corrected chi connectivity index (χ2v) is 15.2. The molecule has 0 amide bonds. The third-order valence-electron chi connectivity index (χ3n) is 11.6. The molecule has 2 bridgehead atoms. The zero-order valence-corrected chi connectivity index (χ0v) is 30.2. The highest BCUT2D eigenvalue weighted by atomic mass is 16.6. The molecular weight excluding hydrogens is 662 g/mol. The summed E-state index contributed by atoms with van der Waals surface area (Å²) in [5.41, 5.74) is 1.89. The van der Waals surface area contributed by atoms with Crippen LogP contribution >= 0.6 is 0 Å². The Hall–Kier alpha value is -4.17. The summed E-state index contributed by atoms with van der Waals surface area (Å²) in [7, 11) is 0. The van der Waals surface area contributed by atoms with Crippen molar-refractivity contribution in [2.75, 3.05) is 11.9 Å². The number of phenols is 1. The maximum Gasteiger partial charge on any atom is 0.334 e. The molecule has 2 aliphatic carbocycles. The van der Waals surface area contributed by atoms with Gasteiger partial charge in [-0.05, 0) is 92.7 Å². The minimum Gasteiger partial charge on any atom is -0.508 e.